The van der Waals surface area contributed by atoms with Crippen LogP contribution in [0.15, 0.2) is 22.7 Å². The maximum Gasteiger partial charge on any atom is 0.123 e. The van der Waals surface area contributed by atoms with Crippen molar-refractivity contribution in [2.24, 2.45) is 10.8 Å². The van der Waals surface area contributed by atoms with Crippen molar-refractivity contribution in [1.29, 1.82) is 0 Å². The molecule has 0 amide bonds. The van der Waals surface area contributed by atoms with Crippen LogP contribution in [0, 0.1) is 10.8 Å². The highest BCUT2D eigenvalue weighted by Gasteiger charge is 2.64. The molecule has 1 atom stereocenters. The summed E-state index contributed by atoms with van der Waals surface area (Å²) in [5.74, 6) is 1.05. The van der Waals surface area contributed by atoms with E-state index >= 15 is 0 Å². The summed E-state index contributed by atoms with van der Waals surface area (Å²) in [6, 6.07) is 6.87. The van der Waals surface area contributed by atoms with E-state index in [1.165, 1.54) is 5.56 Å². The third-order valence-corrected chi connectivity index (χ3v) is 5.83. The van der Waals surface area contributed by atoms with Gasteiger partial charge in [-0.1, -0.05) is 43.6 Å². The van der Waals surface area contributed by atoms with Gasteiger partial charge in [0.1, 0.15) is 11.9 Å². The molecule has 0 radical (unpaired) electrons. The van der Waals surface area contributed by atoms with Gasteiger partial charge in [-0.2, -0.15) is 0 Å². The molecule has 3 heteroatoms. The topological polar surface area (TPSA) is 21.3 Å². The molecule has 1 heterocycles. The molecule has 1 aliphatic carbocycles. The predicted octanol–water partition coefficient (Wildman–Crippen LogP) is 3.78. The van der Waals surface area contributed by atoms with Crippen molar-refractivity contribution in [1.82, 2.24) is 5.32 Å². The normalized spacial score (nSPS) is 26.9. The van der Waals surface area contributed by atoms with Gasteiger partial charge in [0.05, 0.1) is 0 Å². The fraction of sp³-hybridized carbons (Fsp3) is 0.625. The molecular formula is C16H22BrNO. The molecule has 0 spiro atoms. The largest absolute Gasteiger partial charge is 0.488 e. The predicted molar refractivity (Wildman–Crippen MR) is 81.6 cm³/mol. The first-order chi connectivity index (χ1) is 8.82. The molecular weight excluding hydrogens is 302 g/mol. The Hall–Kier alpha value is -0.540. The molecule has 1 saturated carbocycles. The van der Waals surface area contributed by atoms with Gasteiger partial charge in [0.2, 0.25) is 0 Å². The Morgan fingerprint density at radius 1 is 1.26 bits per heavy atom. The zero-order valence-electron chi connectivity index (χ0n) is 12.1. The number of fused-ring (bicyclic) bond motifs is 1. The van der Waals surface area contributed by atoms with Gasteiger partial charge in [-0.25, -0.2) is 0 Å². The van der Waals surface area contributed by atoms with Gasteiger partial charge in [0, 0.05) is 23.5 Å². The SMILES string of the molecule is CC1(C)C(NCC2Cc3cc(Br)ccc3O2)C1(C)C. The first-order valence-electron chi connectivity index (χ1n) is 7.01. The number of benzene rings is 1. The Balaban J connectivity index is 1.58. The van der Waals surface area contributed by atoms with Crippen molar-refractivity contribution in [3.05, 3.63) is 28.2 Å². The molecule has 0 aromatic heterocycles. The number of ether oxygens (including phenoxy) is 1. The molecule has 0 saturated heterocycles. The lowest BCUT2D eigenvalue weighted by Crippen LogP contribution is -2.34. The third kappa shape index (κ3) is 2.11. The van der Waals surface area contributed by atoms with E-state index in [0.717, 1.165) is 23.2 Å². The van der Waals surface area contributed by atoms with Crippen LogP contribution in [0.2, 0.25) is 0 Å². The highest BCUT2D eigenvalue weighted by Crippen LogP contribution is 2.62. The summed E-state index contributed by atoms with van der Waals surface area (Å²) in [4.78, 5) is 0. The quantitative estimate of drug-likeness (QED) is 0.914. The fourth-order valence-corrected chi connectivity index (χ4v) is 3.77. The van der Waals surface area contributed by atoms with Crippen LogP contribution < -0.4 is 10.1 Å². The summed E-state index contributed by atoms with van der Waals surface area (Å²) in [5.41, 5.74) is 2.10. The summed E-state index contributed by atoms with van der Waals surface area (Å²) in [5, 5.41) is 3.69. The van der Waals surface area contributed by atoms with E-state index < -0.39 is 0 Å². The maximum absolute atomic E-state index is 5.99. The van der Waals surface area contributed by atoms with Crippen molar-refractivity contribution >= 4 is 15.9 Å². The molecule has 0 bridgehead atoms. The first kappa shape index (κ1) is 13.4. The minimum absolute atomic E-state index is 0.275. The summed E-state index contributed by atoms with van der Waals surface area (Å²) in [6.45, 7) is 10.3. The summed E-state index contributed by atoms with van der Waals surface area (Å²) < 4.78 is 7.13. The van der Waals surface area contributed by atoms with E-state index in [2.05, 4.69) is 61.1 Å². The number of rotatable bonds is 3. The van der Waals surface area contributed by atoms with E-state index in [1.54, 1.807) is 0 Å². The Kier molecular flexibility index (Phi) is 2.99. The molecule has 2 nitrogen and oxygen atoms in total. The zero-order chi connectivity index (χ0) is 13.8. The van der Waals surface area contributed by atoms with Gasteiger partial charge in [-0.3, -0.25) is 0 Å². The second-order valence-electron chi connectivity index (χ2n) is 6.98. The first-order valence-corrected chi connectivity index (χ1v) is 7.80. The van der Waals surface area contributed by atoms with Crippen LogP contribution in [0.1, 0.15) is 33.3 Å². The minimum Gasteiger partial charge on any atom is -0.488 e. The lowest BCUT2D eigenvalue weighted by atomic mass is 10.0. The molecule has 1 aromatic carbocycles. The van der Waals surface area contributed by atoms with Gasteiger partial charge < -0.3 is 10.1 Å². The van der Waals surface area contributed by atoms with E-state index in [4.69, 9.17) is 4.74 Å². The monoisotopic (exact) mass is 323 g/mol. The average Bonchev–Trinajstić information content (AvgIpc) is 2.63. The summed E-state index contributed by atoms with van der Waals surface area (Å²) in [6.07, 6.45) is 1.28. The zero-order valence-corrected chi connectivity index (χ0v) is 13.7. The van der Waals surface area contributed by atoms with E-state index in [9.17, 15) is 0 Å². The van der Waals surface area contributed by atoms with Gasteiger partial charge in [-0.05, 0) is 34.6 Å². The second kappa shape index (κ2) is 4.23. The molecule has 1 unspecified atom stereocenters. The van der Waals surface area contributed by atoms with Gasteiger partial charge >= 0.3 is 0 Å². The lowest BCUT2D eigenvalue weighted by molar-refractivity contribution is 0.224. The molecule has 1 aliphatic heterocycles. The summed E-state index contributed by atoms with van der Waals surface area (Å²) >= 11 is 3.52. The van der Waals surface area contributed by atoms with Gasteiger partial charge in [-0.15, -0.1) is 0 Å². The van der Waals surface area contributed by atoms with E-state index in [0.29, 0.717) is 16.9 Å². The molecule has 1 aromatic rings. The number of hydrogen-bond donors (Lipinski definition) is 1. The van der Waals surface area contributed by atoms with Crippen LogP contribution >= 0.6 is 15.9 Å². The van der Waals surface area contributed by atoms with Crippen molar-refractivity contribution < 1.29 is 4.74 Å². The average molecular weight is 324 g/mol. The number of nitrogens with one attached hydrogen (secondary N) is 1. The molecule has 1 fully saturated rings. The third-order valence-electron chi connectivity index (χ3n) is 5.33. The Bertz CT molecular complexity index is 495. The lowest BCUT2D eigenvalue weighted by Gasteiger charge is -2.13. The van der Waals surface area contributed by atoms with Gasteiger partial charge in [0.25, 0.3) is 0 Å². The maximum atomic E-state index is 5.99. The van der Waals surface area contributed by atoms with Crippen LogP contribution in [0.4, 0.5) is 0 Å². The Morgan fingerprint density at radius 2 is 1.95 bits per heavy atom. The van der Waals surface area contributed by atoms with E-state index in [-0.39, 0.29) is 6.10 Å². The van der Waals surface area contributed by atoms with Crippen LogP contribution in [0.3, 0.4) is 0 Å². The molecule has 19 heavy (non-hydrogen) atoms. The minimum atomic E-state index is 0.275. The van der Waals surface area contributed by atoms with Gasteiger partial charge in [0.15, 0.2) is 0 Å². The van der Waals surface area contributed by atoms with Crippen LogP contribution in [0.5, 0.6) is 5.75 Å². The summed E-state index contributed by atoms with van der Waals surface area (Å²) in [7, 11) is 0. The number of hydrogen-bond acceptors (Lipinski definition) is 2. The highest BCUT2D eigenvalue weighted by atomic mass is 79.9. The van der Waals surface area contributed by atoms with Crippen LogP contribution in [0.25, 0.3) is 0 Å². The second-order valence-corrected chi connectivity index (χ2v) is 7.90. The number of halogens is 1. The molecule has 3 rings (SSSR count). The van der Waals surface area contributed by atoms with Crippen LogP contribution in [-0.2, 0) is 6.42 Å². The Labute approximate surface area is 124 Å². The highest BCUT2D eigenvalue weighted by molar-refractivity contribution is 9.10. The van der Waals surface area contributed by atoms with Crippen molar-refractivity contribution in [3.8, 4) is 5.75 Å². The molecule has 1 N–H and O–H groups in total. The molecule has 104 valence electrons. The smallest absolute Gasteiger partial charge is 0.123 e. The molecule has 2 aliphatic rings. The van der Waals surface area contributed by atoms with E-state index in [1.807, 2.05) is 6.07 Å². The standard InChI is InChI=1S/C16H22BrNO/c1-15(2)14(16(15,3)4)18-9-12-8-10-7-11(17)5-6-13(10)19-12/h5-7,12,14,18H,8-9H2,1-4H3. The van der Waals surface area contributed by atoms with Crippen molar-refractivity contribution in [2.75, 3.05) is 6.54 Å². The van der Waals surface area contributed by atoms with Crippen molar-refractivity contribution in [2.45, 2.75) is 46.3 Å². The van der Waals surface area contributed by atoms with Crippen molar-refractivity contribution in [3.63, 3.8) is 0 Å². The van der Waals surface area contributed by atoms with Crippen LogP contribution in [-0.4, -0.2) is 18.7 Å². The Morgan fingerprint density at radius 3 is 2.58 bits per heavy atom. The fourth-order valence-electron chi connectivity index (χ4n) is 3.36.